The Morgan fingerprint density at radius 2 is 1.88 bits per heavy atom. The van der Waals surface area contributed by atoms with Crippen LogP contribution in [0.1, 0.15) is 68.4 Å². The number of benzene rings is 2. The number of hydrogen-bond donors (Lipinski definition) is 3. The third-order valence-corrected chi connectivity index (χ3v) is 6.91. The number of β-amino-alcohol motifs (C(OH)–C–C–N with tert-alkyl or cyclic N) is 1. The molecule has 0 saturated heterocycles. The average molecular weight is 488 g/mol. The molecule has 0 spiro atoms. The van der Waals surface area contributed by atoms with Crippen LogP contribution in [0.25, 0.3) is 0 Å². The normalized spacial score (nSPS) is 15.8. The molecule has 1 aliphatic rings. The van der Waals surface area contributed by atoms with Gasteiger partial charge in [-0.05, 0) is 86.3 Å². The molecule has 0 heterocycles. The first kappa shape index (κ1) is 26.7. The zero-order valence-electron chi connectivity index (χ0n) is 20.5. The van der Waals surface area contributed by atoms with Gasteiger partial charge in [0.1, 0.15) is 0 Å². The fraction of sp³-hybridized carbons (Fsp3) is 0.536. The molecule has 0 fully saturated rings. The van der Waals surface area contributed by atoms with Crippen molar-refractivity contribution in [1.82, 2.24) is 5.32 Å². The van der Waals surface area contributed by atoms with Crippen molar-refractivity contribution in [1.29, 1.82) is 0 Å². The van der Waals surface area contributed by atoms with E-state index in [-0.39, 0.29) is 24.7 Å². The van der Waals surface area contributed by atoms with Crippen LogP contribution in [0.5, 0.6) is 0 Å². The number of carboxylic acids is 1. The summed E-state index contributed by atoms with van der Waals surface area (Å²) in [5.74, 6) is -0.217. The lowest BCUT2D eigenvalue weighted by molar-refractivity contribution is -0.136. The lowest BCUT2D eigenvalue weighted by Gasteiger charge is -2.31. The molecule has 2 aromatic rings. The Morgan fingerprint density at radius 1 is 1.21 bits per heavy atom. The van der Waals surface area contributed by atoms with Gasteiger partial charge in [-0.3, -0.25) is 4.79 Å². The predicted molar refractivity (Wildman–Crippen MR) is 136 cm³/mol. The second-order valence-corrected chi connectivity index (χ2v) is 10.6. The van der Waals surface area contributed by atoms with Crippen LogP contribution in [0.15, 0.2) is 42.5 Å². The third-order valence-electron chi connectivity index (χ3n) is 6.67. The predicted octanol–water partition coefficient (Wildman–Crippen LogP) is 5.36. The van der Waals surface area contributed by atoms with Gasteiger partial charge < -0.3 is 20.3 Å². The Balaban J connectivity index is 1.49. The smallest absolute Gasteiger partial charge is 0.303 e. The Kier molecular flexibility index (Phi) is 9.55. The standard InChI is InChI=1S/C28H38ClNO4/c1-4-26(25-15-23(29)11-9-20(25)10-12-27(32)33)34-18-24(31)17-30-28(2,3)16-19-13-21-7-5-6-8-22(21)14-19/h5-9,11,15,19,24,26,30-31H,4,10,12-14,16-18H2,1-3H3,(H,32,33)/t24-,26?/m1/s1. The lowest BCUT2D eigenvalue weighted by atomic mass is 9.88. The molecule has 0 aliphatic heterocycles. The van der Waals surface area contributed by atoms with E-state index in [2.05, 4.69) is 43.4 Å². The van der Waals surface area contributed by atoms with E-state index in [9.17, 15) is 9.90 Å². The van der Waals surface area contributed by atoms with Crippen molar-refractivity contribution in [3.8, 4) is 0 Å². The maximum atomic E-state index is 11.0. The molecule has 1 unspecified atom stereocenters. The lowest BCUT2D eigenvalue weighted by Crippen LogP contribution is -2.45. The first-order valence-corrected chi connectivity index (χ1v) is 12.7. The summed E-state index contributed by atoms with van der Waals surface area (Å²) in [6, 6.07) is 14.2. The van der Waals surface area contributed by atoms with E-state index in [1.54, 1.807) is 6.07 Å². The highest BCUT2D eigenvalue weighted by atomic mass is 35.5. The highest BCUT2D eigenvalue weighted by Gasteiger charge is 2.28. The van der Waals surface area contributed by atoms with Gasteiger partial charge in [-0.25, -0.2) is 0 Å². The summed E-state index contributed by atoms with van der Waals surface area (Å²) in [4.78, 5) is 11.0. The number of aliphatic hydroxyl groups excluding tert-OH is 1. The van der Waals surface area contributed by atoms with E-state index >= 15 is 0 Å². The monoisotopic (exact) mass is 487 g/mol. The number of ether oxygens (including phenoxy) is 1. The summed E-state index contributed by atoms with van der Waals surface area (Å²) in [6.45, 7) is 7.05. The number of hydrogen-bond acceptors (Lipinski definition) is 4. The first-order chi connectivity index (χ1) is 16.2. The average Bonchev–Trinajstić information content (AvgIpc) is 3.19. The first-order valence-electron chi connectivity index (χ1n) is 12.3. The Labute approximate surface area is 208 Å². The van der Waals surface area contributed by atoms with Gasteiger partial charge >= 0.3 is 5.97 Å². The summed E-state index contributed by atoms with van der Waals surface area (Å²) in [5, 5.41) is 23.8. The minimum Gasteiger partial charge on any atom is -0.481 e. The van der Waals surface area contributed by atoms with Crippen LogP contribution in [0.3, 0.4) is 0 Å². The molecule has 0 radical (unpaired) electrons. The number of halogens is 1. The van der Waals surface area contributed by atoms with Crippen LogP contribution in [0, 0.1) is 5.92 Å². The van der Waals surface area contributed by atoms with Crippen LogP contribution in [-0.4, -0.2) is 41.0 Å². The molecule has 1 aliphatic carbocycles. The summed E-state index contributed by atoms with van der Waals surface area (Å²) in [6.07, 6.45) is 3.57. The number of carbonyl (C=O) groups is 1. The number of fused-ring (bicyclic) bond motifs is 1. The zero-order valence-corrected chi connectivity index (χ0v) is 21.3. The fourth-order valence-electron chi connectivity index (χ4n) is 5.03. The van der Waals surface area contributed by atoms with Gasteiger partial charge in [-0.15, -0.1) is 0 Å². The Morgan fingerprint density at radius 3 is 2.50 bits per heavy atom. The molecule has 2 atom stereocenters. The molecule has 3 rings (SSSR count). The fourth-order valence-corrected chi connectivity index (χ4v) is 5.21. The van der Waals surface area contributed by atoms with Gasteiger partial charge in [-0.2, -0.15) is 0 Å². The number of carboxylic acid groups (broad SMARTS) is 1. The van der Waals surface area contributed by atoms with Crippen molar-refractivity contribution in [2.75, 3.05) is 13.2 Å². The van der Waals surface area contributed by atoms with E-state index in [0.29, 0.717) is 30.3 Å². The van der Waals surface area contributed by atoms with Crippen molar-refractivity contribution in [2.45, 2.75) is 77.0 Å². The van der Waals surface area contributed by atoms with Gasteiger partial charge in [0.25, 0.3) is 0 Å². The van der Waals surface area contributed by atoms with Gasteiger partial charge in [-0.1, -0.05) is 48.9 Å². The van der Waals surface area contributed by atoms with Gasteiger partial charge in [0.15, 0.2) is 0 Å². The molecule has 0 bridgehead atoms. The topological polar surface area (TPSA) is 78.8 Å². The number of aliphatic hydroxyl groups is 1. The number of aryl methyl sites for hydroxylation is 1. The van der Waals surface area contributed by atoms with Crippen molar-refractivity contribution in [2.24, 2.45) is 5.92 Å². The van der Waals surface area contributed by atoms with Crippen molar-refractivity contribution >= 4 is 17.6 Å². The molecule has 0 amide bonds. The minimum absolute atomic E-state index is 0.0543. The van der Waals surface area contributed by atoms with E-state index < -0.39 is 12.1 Å². The summed E-state index contributed by atoms with van der Waals surface area (Å²) < 4.78 is 6.09. The summed E-state index contributed by atoms with van der Waals surface area (Å²) in [7, 11) is 0. The van der Waals surface area contributed by atoms with E-state index in [1.165, 1.54) is 11.1 Å². The van der Waals surface area contributed by atoms with Crippen LogP contribution in [-0.2, 0) is 28.8 Å². The Hall–Kier alpha value is -1.92. The highest BCUT2D eigenvalue weighted by Crippen LogP contribution is 2.32. The zero-order chi connectivity index (χ0) is 24.7. The number of rotatable bonds is 13. The van der Waals surface area contributed by atoms with Crippen LogP contribution < -0.4 is 5.32 Å². The quantitative estimate of drug-likeness (QED) is 0.354. The minimum atomic E-state index is -0.833. The molecular formula is C28H38ClNO4. The molecule has 0 aromatic heterocycles. The molecule has 5 nitrogen and oxygen atoms in total. The molecule has 3 N–H and O–H groups in total. The van der Waals surface area contributed by atoms with E-state index in [1.807, 2.05) is 19.1 Å². The molecule has 34 heavy (non-hydrogen) atoms. The van der Waals surface area contributed by atoms with Crippen LogP contribution >= 0.6 is 11.6 Å². The van der Waals surface area contributed by atoms with E-state index in [0.717, 1.165) is 30.4 Å². The maximum absolute atomic E-state index is 11.0. The van der Waals surface area contributed by atoms with Crippen molar-refractivity contribution in [3.63, 3.8) is 0 Å². The molecule has 2 aromatic carbocycles. The van der Waals surface area contributed by atoms with Crippen molar-refractivity contribution < 1.29 is 19.7 Å². The molecule has 6 heteroatoms. The molecule has 186 valence electrons. The van der Waals surface area contributed by atoms with Crippen LogP contribution in [0.2, 0.25) is 5.02 Å². The SMILES string of the molecule is CCC(OC[C@H](O)CNC(C)(C)CC1Cc2ccccc2C1)c1cc(Cl)ccc1CCC(=O)O. The summed E-state index contributed by atoms with van der Waals surface area (Å²) >= 11 is 6.21. The summed E-state index contributed by atoms with van der Waals surface area (Å²) in [5.41, 5.74) is 4.66. The highest BCUT2D eigenvalue weighted by molar-refractivity contribution is 6.30. The van der Waals surface area contributed by atoms with Gasteiger partial charge in [0.2, 0.25) is 0 Å². The van der Waals surface area contributed by atoms with E-state index in [4.69, 9.17) is 21.4 Å². The van der Waals surface area contributed by atoms with Gasteiger partial charge in [0.05, 0.1) is 18.8 Å². The van der Waals surface area contributed by atoms with Gasteiger partial charge in [0, 0.05) is 23.5 Å². The van der Waals surface area contributed by atoms with Crippen molar-refractivity contribution in [3.05, 3.63) is 69.7 Å². The van der Waals surface area contributed by atoms with Crippen LogP contribution in [0.4, 0.5) is 0 Å². The largest absolute Gasteiger partial charge is 0.481 e. The second-order valence-electron chi connectivity index (χ2n) is 10.1. The molecular weight excluding hydrogens is 450 g/mol. The Bertz CT molecular complexity index is 936. The third kappa shape index (κ3) is 7.81. The number of aliphatic carboxylic acids is 1. The maximum Gasteiger partial charge on any atom is 0.303 e. The second kappa shape index (κ2) is 12.2. The molecule has 0 saturated carbocycles. The number of nitrogens with one attached hydrogen (secondary N) is 1.